The first-order valence-corrected chi connectivity index (χ1v) is 9.84. The average Bonchev–Trinajstić information content (AvgIpc) is 3.33. The number of esters is 3. The van der Waals surface area contributed by atoms with Gasteiger partial charge in [-0.2, -0.15) is 0 Å². The molecule has 2 heterocycles. The Hall–Kier alpha value is -3.40. The second-order valence-corrected chi connectivity index (χ2v) is 6.73. The van der Waals surface area contributed by atoms with Gasteiger partial charge in [0.05, 0.1) is 25.0 Å². The van der Waals surface area contributed by atoms with E-state index in [4.69, 9.17) is 18.6 Å². The summed E-state index contributed by atoms with van der Waals surface area (Å²) in [7, 11) is 0. The fourth-order valence-corrected chi connectivity index (χ4v) is 3.43. The van der Waals surface area contributed by atoms with Gasteiger partial charge in [0, 0.05) is 6.08 Å². The fraction of sp³-hybridized carbons (Fsp3) is 0.300. The molecule has 0 aliphatic rings. The predicted molar refractivity (Wildman–Crippen MR) is 108 cm³/mol. The molecule has 0 saturated heterocycles. The Labute approximate surface area is 176 Å². The van der Waals surface area contributed by atoms with Gasteiger partial charge in [-0.05, 0) is 44.5 Å². The molecule has 0 unspecified atom stereocenters. The van der Waals surface area contributed by atoms with Crippen LogP contribution in [0.4, 0.5) is 5.00 Å². The van der Waals surface area contributed by atoms with Crippen molar-refractivity contribution in [3.8, 4) is 0 Å². The zero-order valence-corrected chi connectivity index (χ0v) is 17.5. The van der Waals surface area contributed by atoms with Gasteiger partial charge in [-0.1, -0.05) is 0 Å². The van der Waals surface area contributed by atoms with Crippen LogP contribution in [0.1, 0.15) is 45.2 Å². The van der Waals surface area contributed by atoms with Gasteiger partial charge in [0.2, 0.25) is 0 Å². The molecule has 0 aromatic carbocycles. The van der Waals surface area contributed by atoms with Gasteiger partial charge in [-0.25, -0.2) is 14.4 Å². The van der Waals surface area contributed by atoms with Crippen molar-refractivity contribution < 1.29 is 37.8 Å². The Morgan fingerprint density at radius 2 is 1.80 bits per heavy atom. The molecule has 1 N–H and O–H groups in total. The van der Waals surface area contributed by atoms with Crippen LogP contribution in [0.25, 0.3) is 6.08 Å². The van der Waals surface area contributed by atoms with Crippen LogP contribution in [-0.4, -0.2) is 43.6 Å². The monoisotopic (exact) mass is 435 g/mol. The standard InChI is InChI=1S/C20H21NO8S/c1-4-26-19(24)16-12(3)17(20(25)27-5-2)30-18(16)21-14(22)11-29-15(23)9-8-13-7-6-10-28-13/h6-10H,4-5,11H2,1-3H3,(H,21,22)/b9-8+. The lowest BCUT2D eigenvalue weighted by Gasteiger charge is -2.07. The highest BCUT2D eigenvalue weighted by Crippen LogP contribution is 2.34. The van der Waals surface area contributed by atoms with E-state index in [-0.39, 0.29) is 28.7 Å². The molecule has 0 aliphatic heterocycles. The predicted octanol–water partition coefficient (Wildman–Crippen LogP) is 3.20. The van der Waals surface area contributed by atoms with Gasteiger partial charge in [0.1, 0.15) is 15.6 Å². The smallest absolute Gasteiger partial charge is 0.348 e. The first-order valence-electron chi connectivity index (χ1n) is 9.03. The molecule has 0 bridgehead atoms. The maximum absolute atomic E-state index is 12.3. The highest BCUT2D eigenvalue weighted by molar-refractivity contribution is 7.18. The molecule has 30 heavy (non-hydrogen) atoms. The van der Waals surface area contributed by atoms with Crippen molar-refractivity contribution in [1.82, 2.24) is 0 Å². The van der Waals surface area contributed by atoms with Crippen molar-refractivity contribution in [2.45, 2.75) is 20.8 Å². The van der Waals surface area contributed by atoms with Crippen LogP contribution < -0.4 is 5.32 Å². The van der Waals surface area contributed by atoms with Gasteiger partial charge in [-0.15, -0.1) is 11.3 Å². The maximum Gasteiger partial charge on any atom is 0.348 e. The van der Waals surface area contributed by atoms with E-state index in [2.05, 4.69) is 5.32 Å². The topological polar surface area (TPSA) is 121 Å². The third-order valence-electron chi connectivity index (χ3n) is 3.61. The third kappa shape index (κ3) is 6.05. The largest absolute Gasteiger partial charge is 0.465 e. The van der Waals surface area contributed by atoms with Crippen LogP contribution in [0.15, 0.2) is 28.9 Å². The maximum atomic E-state index is 12.3. The van der Waals surface area contributed by atoms with Gasteiger partial charge >= 0.3 is 17.9 Å². The number of anilines is 1. The van der Waals surface area contributed by atoms with E-state index < -0.39 is 30.4 Å². The van der Waals surface area contributed by atoms with Crippen LogP contribution in [0.5, 0.6) is 0 Å². The molecular weight excluding hydrogens is 414 g/mol. The summed E-state index contributed by atoms with van der Waals surface area (Å²) in [6, 6.07) is 3.31. The summed E-state index contributed by atoms with van der Waals surface area (Å²) in [5, 5.41) is 2.60. The minimum Gasteiger partial charge on any atom is -0.465 e. The van der Waals surface area contributed by atoms with Crippen LogP contribution in [-0.2, 0) is 23.8 Å². The van der Waals surface area contributed by atoms with E-state index in [1.807, 2.05) is 0 Å². The Morgan fingerprint density at radius 1 is 1.10 bits per heavy atom. The molecular formula is C20H21NO8S. The number of hydrogen-bond acceptors (Lipinski definition) is 9. The van der Waals surface area contributed by atoms with Gasteiger partial charge in [0.25, 0.3) is 5.91 Å². The van der Waals surface area contributed by atoms with Crippen molar-refractivity contribution in [3.05, 3.63) is 46.2 Å². The van der Waals surface area contributed by atoms with Crippen molar-refractivity contribution in [3.63, 3.8) is 0 Å². The van der Waals surface area contributed by atoms with Crippen LogP contribution in [0.2, 0.25) is 0 Å². The second kappa shape index (κ2) is 11.0. The molecule has 0 radical (unpaired) electrons. The lowest BCUT2D eigenvalue weighted by molar-refractivity contribution is -0.142. The fourth-order valence-electron chi connectivity index (χ4n) is 2.33. The number of amides is 1. The quantitative estimate of drug-likeness (QED) is 0.362. The summed E-state index contributed by atoms with van der Waals surface area (Å²) in [6.07, 6.45) is 3.96. The van der Waals surface area contributed by atoms with Crippen molar-refractivity contribution in [2.75, 3.05) is 25.1 Å². The zero-order chi connectivity index (χ0) is 22.1. The molecule has 0 saturated carbocycles. The molecule has 2 aromatic rings. The summed E-state index contributed by atoms with van der Waals surface area (Å²) in [5.74, 6) is -2.27. The number of rotatable bonds is 9. The van der Waals surface area contributed by atoms with Crippen LogP contribution >= 0.6 is 11.3 Å². The lowest BCUT2D eigenvalue weighted by Crippen LogP contribution is -2.21. The minimum atomic E-state index is -0.748. The van der Waals surface area contributed by atoms with E-state index in [1.165, 1.54) is 12.3 Å². The number of hydrogen-bond donors (Lipinski definition) is 1. The summed E-state index contributed by atoms with van der Waals surface area (Å²) >= 11 is 0.885. The minimum absolute atomic E-state index is 0.0577. The third-order valence-corrected chi connectivity index (χ3v) is 4.80. The summed E-state index contributed by atoms with van der Waals surface area (Å²) in [6.45, 7) is 4.55. The molecule has 1 amide bonds. The Morgan fingerprint density at radius 3 is 2.43 bits per heavy atom. The number of carbonyl (C=O) groups excluding carboxylic acids is 4. The Bertz CT molecular complexity index is 942. The first-order chi connectivity index (χ1) is 14.4. The molecule has 0 aliphatic carbocycles. The number of nitrogens with one attached hydrogen (secondary N) is 1. The lowest BCUT2D eigenvalue weighted by atomic mass is 10.1. The normalized spacial score (nSPS) is 10.6. The molecule has 2 rings (SSSR count). The molecule has 160 valence electrons. The highest BCUT2D eigenvalue weighted by atomic mass is 32.1. The average molecular weight is 435 g/mol. The number of furan rings is 1. The molecule has 2 aromatic heterocycles. The summed E-state index contributed by atoms with van der Waals surface area (Å²) in [4.78, 5) is 48.5. The zero-order valence-electron chi connectivity index (χ0n) is 16.7. The van der Waals surface area contributed by atoms with Crippen molar-refractivity contribution in [2.24, 2.45) is 0 Å². The van der Waals surface area contributed by atoms with E-state index in [0.717, 1.165) is 17.4 Å². The van der Waals surface area contributed by atoms with E-state index >= 15 is 0 Å². The van der Waals surface area contributed by atoms with Gasteiger partial charge < -0.3 is 23.9 Å². The Balaban J connectivity index is 2.08. The SMILES string of the molecule is CCOC(=O)c1sc(NC(=O)COC(=O)/C=C/c2ccco2)c(C(=O)OCC)c1C. The molecule has 0 atom stereocenters. The number of thiophene rings is 1. The molecule has 0 spiro atoms. The molecule has 9 nitrogen and oxygen atoms in total. The van der Waals surface area contributed by atoms with Crippen molar-refractivity contribution in [1.29, 1.82) is 0 Å². The van der Waals surface area contributed by atoms with Gasteiger partial charge in [-0.3, -0.25) is 4.79 Å². The second-order valence-electron chi connectivity index (χ2n) is 5.71. The van der Waals surface area contributed by atoms with Crippen LogP contribution in [0.3, 0.4) is 0 Å². The van der Waals surface area contributed by atoms with Crippen molar-refractivity contribution >= 4 is 46.2 Å². The number of ether oxygens (including phenoxy) is 3. The molecule has 0 fully saturated rings. The summed E-state index contributed by atoms with van der Waals surface area (Å²) < 4.78 is 19.9. The van der Waals surface area contributed by atoms with E-state index in [0.29, 0.717) is 11.3 Å². The van der Waals surface area contributed by atoms with Crippen LogP contribution in [0, 0.1) is 6.92 Å². The highest BCUT2D eigenvalue weighted by Gasteiger charge is 2.27. The first kappa shape index (κ1) is 22.9. The Kier molecular flexibility index (Phi) is 8.36. The van der Waals surface area contributed by atoms with E-state index in [9.17, 15) is 19.2 Å². The number of carbonyl (C=O) groups is 4. The summed E-state index contributed by atoms with van der Waals surface area (Å²) in [5.41, 5.74) is 0.396. The van der Waals surface area contributed by atoms with E-state index in [1.54, 1.807) is 32.9 Å². The molecule has 10 heteroatoms. The van der Waals surface area contributed by atoms with Gasteiger partial charge in [0.15, 0.2) is 6.61 Å².